The molecule has 1 heterocycles. The number of ether oxygens (including phenoxy) is 1. The number of nitrogens with zero attached hydrogens (tertiary/aromatic N) is 4. The summed E-state index contributed by atoms with van der Waals surface area (Å²) in [7, 11) is 1.33. The number of hydrogen-bond acceptors (Lipinski definition) is 6. The van der Waals surface area contributed by atoms with Gasteiger partial charge in [-0.1, -0.05) is 6.07 Å². The SMILES string of the molecule is COC(=O)c1cccc(N2CN(C#N)C=N2)c1. The van der Waals surface area contributed by atoms with Gasteiger partial charge in [-0.25, -0.2) is 14.7 Å². The summed E-state index contributed by atoms with van der Waals surface area (Å²) in [6.45, 7) is 0.348. The van der Waals surface area contributed by atoms with Crippen molar-refractivity contribution in [2.45, 2.75) is 0 Å². The molecule has 1 aliphatic rings. The number of nitriles is 1. The zero-order chi connectivity index (χ0) is 12.3. The maximum Gasteiger partial charge on any atom is 0.337 e. The smallest absolute Gasteiger partial charge is 0.337 e. The molecule has 86 valence electrons. The Labute approximate surface area is 98.3 Å². The average molecular weight is 230 g/mol. The van der Waals surface area contributed by atoms with Crippen LogP contribution in [0.25, 0.3) is 0 Å². The highest BCUT2D eigenvalue weighted by Gasteiger charge is 2.16. The van der Waals surface area contributed by atoms with E-state index in [0.29, 0.717) is 12.2 Å². The summed E-state index contributed by atoms with van der Waals surface area (Å²) >= 11 is 0. The molecule has 0 spiro atoms. The van der Waals surface area contributed by atoms with Crippen LogP contribution in [0.15, 0.2) is 29.4 Å². The first-order valence-corrected chi connectivity index (χ1v) is 4.91. The number of hydrazone groups is 1. The van der Waals surface area contributed by atoms with Gasteiger partial charge >= 0.3 is 5.97 Å². The van der Waals surface area contributed by atoms with Gasteiger partial charge in [0.05, 0.1) is 18.4 Å². The first-order valence-electron chi connectivity index (χ1n) is 4.91. The van der Waals surface area contributed by atoms with Gasteiger partial charge in [-0.05, 0) is 18.2 Å². The molecular weight excluding hydrogens is 220 g/mol. The first kappa shape index (κ1) is 11.0. The Hall–Kier alpha value is -2.55. The van der Waals surface area contributed by atoms with E-state index in [1.807, 2.05) is 12.3 Å². The molecule has 6 nitrogen and oxygen atoms in total. The topological polar surface area (TPSA) is 68.9 Å². The molecule has 0 radical (unpaired) electrons. The number of carbonyl (C=O) groups excluding carboxylic acids is 1. The van der Waals surface area contributed by atoms with Crippen molar-refractivity contribution in [1.82, 2.24) is 4.90 Å². The minimum Gasteiger partial charge on any atom is -0.465 e. The number of carbonyl (C=O) groups is 1. The number of methoxy groups -OCH3 is 1. The average Bonchev–Trinajstić information content (AvgIpc) is 2.86. The monoisotopic (exact) mass is 230 g/mol. The van der Waals surface area contributed by atoms with E-state index in [1.165, 1.54) is 18.3 Å². The number of anilines is 1. The molecule has 0 saturated heterocycles. The van der Waals surface area contributed by atoms with Crippen LogP contribution in [0, 0.1) is 11.5 Å². The molecule has 0 atom stereocenters. The zero-order valence-corrected chi connectivity index (χ0v) is 9.20. The zero-order valence-electron chi connectivity index (χ0n) is 9.20. The van der Waals surface area contributed by atoms with E-state index in [1.54, 1.807) is 23.2 Å². The Morgan fingerprint density at radius 3 is 3.06 bits per heavy atom. The normalized spacial score (nSPS) is 13.6. The molecule has 0 aliphatic carbocycles. The molecule has 0 aromatic heterocycles. The molecule has 0 bridgehead atoms. The maximum atomic E-state index is 11.4. The van der Waals surface area contributed by atoms with Gasteiger partial charge in [0.15, 0.2) is 6.19 Å². The molecule has 6 heteroatoms. The summed E-state index contributed by atoms with van der Waals surface area (Å²) in [6, 6.07) is 6.89. The van der Waals surface area contributed by atoms with E-state index in [-0.39, 0.29) is 0 Å². The standard InChI is InChI=1S/C11H10N4O2/c1-17-11(16)9-3-2-4-10(5-9)15-8-14(6-12)7-13-15/h2-5,7H,8H2,1H3. The molecule has 1 aromatic rings. The molecule has 0 amide bonds. The lowest BCUT2D eigenvalue weighted by Gasteiger charge is -2.14. The lowest BCUT2D eigenvalue weighted by atomic mass is 10.2. The van der Waals surface area contributed by atoms with Gasteiger partial charge in [0, 0.05) is 0 Å². The molecule has 17 heavy (non-hydrogen) atoms. The summed E-state index contributed by atoms with van der Waals surface area (Å²) in [6.07, 6.45) is 3.40. The Bertz CT molecular complexity index is 506. The Morgan fingerprint density at radius 2 is 2.41 bits per heavy atom. The molecule has 1 aromatic carbocycles. The van der Waals surface area contributed by atoms with Gasteiger partial charge in [-0.2, -0.15) is 10.4 Å². The van der Waals surface area contributed by atoms with Crippen molar-refractivity contribution in [3.05, 3.63) is 29.8 Å². The van der Waals surface area contributed by atoms with E-state index in [0.717, 1.165) is 5.69 Å². The molecule has 2 rings (SSSR count). The van der Waals surface area contributed by atoms with E-state index < -0.39 is 5.97 Å². The maximum absolute atomic E-state index is 11.4. The van der Waals surface area contributed by atoms with Crippen LogP contribution in [-0.2, 0) is 4.74 Å². The van der Waals surface area contributed by atoms with E-state index in [9.17, 15) is 4.79 Å². The van der Waals surface area contributed by atoms with Gasteiger partial charge < -0.3 is 4.74 Å². The van der Waals surface area contributed by atoms with E-state index >= 15 is 0 Å². The van der Waals surface area contributed by atoms with Crippen molar-refractivity contribution < 1.29 is 9.53 Å². The van der Waals surface area contributed by atoms with Crippen molar-refractivity contribution in [3.8, 4) is 6.19 Å². The van der Waals surface area contributed by atoms with E-state index in [4.69, 9.17) is 5.26 Å². The number of hydrogen-bond donors (Lipinski definition) is 0. The summed E-state index contributed by atoms with van der Waals surface area (Å²) in [5, 5.41) is 14.4. The van der Waals surface area contributed by atoms with Gasteiger partial charge in [-0.3, -0.25) is 0 Å². The Balaban J connectivity index is 2.21. The largest absolute Gasteiger partial charge is 0.465 e. The van der Waals surface area contributed by atoms with Gasteiger partial charge in [0.2, 0.25) is 0 Å². The van der Waals surface area contributed by atoms with Crippen molar-refractivity contribution >= 4 is 18.0 Å². The van der Waals surface area contributed by atoms with Crippen LogP contribution in [0.4, 0.5) is 5.69 Å². The van der Waals surface area contributed by atoms with Crippen LogP contribution in [0.3, 0.4) is 0 Å². The summed E-state index contributed by atoms with van der Waals surface area (Å²) < 4.78 is 4.64. The minimum atomic E-state index is -0.396. The third-order valence-corrected chi connectivity index (χ3v) is 2.31. The predicted octanol–water partition coefficient (Wildman–Crippen LogP) is 0.977. The summed E-state index contributed by atoms with van der Waals surface area (Å²) in [4.78, 5) is 12.7. The van der Waals surface area contributed by atoms with Crippen LogP contribution < -0.4 is 5.01 Å². The molecule has 0 fully saturated rings. The van der Waals surface area contributed by atoms with Crippen LogP contribution in [0.1, 0.15) is 10.4 Å². The van der Waals surface area contributed by atoms with Gasteiger partial charge in [0.25, 0.3) is 0 Å². The molecule has 0 saturated carbocycles. The van der Waals surface area contributed by atoms with Crippen molar-refractivity contribution in [2.24, 2.45) is 5.10 Å². The van der Waals surface area contributed by atoms with Crippen LogP contribution >= 0.6 is 0 Å². The fraction of sp³-hybridized carbons (Fsp3) is 0.182. The number of esters is 1. The summed E-state index contributed by atoms with van der Waals surface area (Å²) in [5.41, 5.74) is 1.19. The van der Waals surface area contributed by atoms with Crippen LogP contribution in [0.5, 0.6) is 0 Å². The third kappa shape index (κ3) is 2.18. The second-order valence-corrected chi connectivity index (χ2v) is 3.38. The van der Waals surface area contributed by atoms with Crippen LogP contribution in [-0.4, -0.2) is 31.0 Å². The Morgan fingerprint density at radius 1 is 1.59 bits per heavy atom. The van der Waals surface area contributed by atoms with Gasteiger partial charge in [-0.15, -0.1) is 0 Å². The Kier molecular flexibility index (Phi) is 2.92. The first-order chi connectivity index (χ1) is 8.24. The van der Waals surface area contributed by atoms with Gasteiger partial charge in [0.1, 0.15) is 13.0 Å². The second-order valence-electron chi connectivity index (χ2n) is 3.38. The summed E-state index contributed by atoms with van der Waals surface area (Å²) in [5.74, 6) is -0.396. The fourth-order valence-electron chi connectivity index (χ4n) is 1.46. The number of rotatable bonds is 2. The second kappa shape index (κ2) is 4.53. The molecule has 0 unspecified atom stereocenters. The predicted molar refractivity (Wildman–Crippen MR) is 61.1 cm³/mol. The highest BCUT2D eigenvalue weighted by molar-refractivity contribution is 5.90. The molecule has 0 N–H and O–H groups in total. The fourth-order valence-corrected chi connectivity index (χ4v) is 1.46. The van der Waals surface area contributed by atoms with E-state index in [2.05, 4.69) is 9.84 Å². The lowest BCUT2D eigenvalue weighted by molar-refractivity contribution is 0.0601. The van der Waals surface area contributed by atoms with Crippen LogP contribution in [0.2, 0.25) is 0 Å². The molecule has 1 aliphatic heterocycles. The highest BCUT2D eigenvalue weighted by atomic mass is 16.5. The minimum absolute atomic E-state index is 0.348. The molecular formula is C11H10N4O2. The van der Waals surface area contributed by atoms with Crippen molar-refractivity contribution in [3.63, 3.8) is 0 Å². The van der Waals surface area contributed by atoms with Crippen molar-refractivity contribution in [2.75, 3.05) is 18.8 Å². The highest BCUT2D eigenvalue weighted by Crippen LogP contribution is 2.19. The lowest BCUT2D eigenvalue weighted by Crippen LogP contribution is -2.22. The third-order valence-electron chi connectivity index (χ3n) is 2.31. The quantitative estimate of drug-likeness (QED) is 0.559. The number of benzene rings is 1. The van der Waals surface area contributed by atoms with Crippen molar-refractivity contribution in [1.29, 1.82) is 5.26 Å².